The van der Waals surface area contributed by atoms with Crippen LogP contribution in [0.1, 0.15) is 17.3 Å². The number of nitrogens with zero attached hydrogens (tertiary/aromatic N) is 2. The lowest BCUT2D eigenvalue weighted by molar-refractivity contribution is -0.384. The van der Waals surface area contributed by atoms with Crippen molar-refractivity contribution in [2.24, 2.45) is 0 Å². The second kappa shape index (κ2) is 5.25. The van der Waals surface area contributed by atoms with Crippen LogP contribution in [0, 0.1) is 10.1 Å². The summed E-state index contributed by atoms with van der Waals surface area (Å²) in [5, 5.41) is 10.6. The molecule has 0 heterocycles. The first-order valence-electron chi connectivity index (χ1n) is 5.05. The SMILES string of the molecule is C=C(C)CN(C)c1ccc([N+](=O)[O-])cc1C=O. The third-order valence-corrected chi connectivity index (χ3v) is 2.27. The number of benzene rings is 1. The van der Waals surface area contributed by atoms with E-state index in [0.717, 1.165) is 5.57 Å². The van der Waals surface area contributed by atoms with Crippen molar-refractivity contribution >= 4 is 17.7 Å². The topological polar surface area (TPSA) is 63.4 Å². The van der Waals surface area contributed by atoms with Gasteiger partial charge in [0, 0.05) is 37.0 Å². The van der Waals surface area contributed by atoms with Crippen LogP contribution < -0.4 is 4.90 Å². The Morgan fingerprint density at radius 2 is 2.24 bits per heavy atom. The number of carbonyl (C=O) groups is 1. The van der Waals surface area contributed by atoms with E-state index in [1.807, 2.05) is 18.9 Å². The molecule has 1 aromatic rings. The Kier molecular flexibility index (Phi) is 3.98. The van der Waals surface area contributed by atoms with Gasteiger partial charge in [0.2, 0.25) is 0 Å². The highest BCUT2D eigenvalue weighted by molar-refractivity contribution is 5.85. The molecule has 0 unspecified atom stereocenters. The van der Waals surface area contributed by atoms with E-state index < -0.39 is 4.92 Å². The predicted octanol–water partition coefficient (Wildman–Crippen LogP) is 2.42. The van der Waals surface area contributed by atoms with Crippen LogP contribution >= 0.6 is 0 Å². The number of likely N-dealkylation sites (N-methyl/N-ethyl adjacent to an activating group) is 1. The number of non-ortho nitro benzene ring substituents is 1. The summed E-state index contributed by atoms with van der Waals surface area (Å²) in [6.45, 7) is 6.26. The van der Waals surface area contributed by atoms with E-state index in [1.54, 1.807) is 6.07 Å². The van der Waals surface area contributed by atoms with Gasteiger partial charge < -0.3 is 4.90 Å². The normalized spacial score (nSPS) is 9.76. The molecule has 0 aromatic heterocycles. The Balaban J connectivity index is 3.12. The summed E-state index contributed by atoms with van der Waals surface area (Å²) in [5.74, 6) is 0. The third-order valence-electron chi connectivity index (χ3n) is 2.27. The lowest BCUT2D eigenvalue weighted by Gasteiger charge is -2.20. The van der Waals surface area contributed by atoms with E-state index in [4.69, 9.17) is 0 Å². The molecule has 5 nitrogen and oxygen atoms in total. The maximum Gasteiger partial charge on any atom is 0.270 e. The molecule has 0 aliphatic carbocycles. The standard InChI is InChI=1S/C12H14N2O3/c1-9(2)7-13(3)12-5-4-11(14(16)17)6-10(12)8-15/h4-6,8H,1,7H2,2-3H3. The molecule has 0 spiro atoms. The van der Waals surface area contributed by atoms with Gasteiger partial charge >= 0.3 is 0 Å². The molecule has 0 N–H and O–H groups in total. The van der Waals surface area contributed by atoms with Crippen LogP contribution in [-0.4, -0.2) is 24.8 Å². The first-order valence-corrected chi connectivity index (χ1v) is 5.05. The second-order valence-corrected chi connectivity index (χ2v) is 3.93. The molecule has 1 rings (SSSR count). The number of hydrogen-bond donors (Lipinski definition) is 0. The largest absolute Gasteiger partial charge is 0.370 e. The lowest BCUT2D eigenvalue weighted by Crippen LogP contribution is -2.20. The molecule has 5 heteroatoms. The number of nitro groups is 1. The molecule has 90 valence electrons. The maximum atomic E-state index is 10.9. The summed E-state index contributed by atoms with van der Waals surface area (Å²) < 4.78 is 0. The van der Waals surface area contributed by atoms with Gasteiger partial charge in [-0.1, -0.05) is 12.2 Å². The highest BCUT2D eigenvalue weighted by atomic mass is 16.6. The van der Waals surface area contributed by atoms with E-state index in [0.29, 0.717) is 24.1 Å². The molecule has 0 radical (unpaired) electrons. The van der Waals surface area contributed by atoms with Crippen molar-refractivity contribution in [3.8, 4) is 0 Å². The van der Waals surface area contributed by atoms with E-state index in [1.165, 1.54) is 12.1 Å². The molecule has 0 bridgehead atoms. The van der Waals surface area contributed by atoms with Gasteiger partial charge in [-0.3, -0.25) is 14.9 Å². The molecule has 0 saturated carbocycles. The van der Waals surface area contributed by atoms with Crippen molar-refractivity contribution in [3.05, 3.63) is 46.0 Å². The Hall–Kier alpha value is -2.17. The summed E-state index contributed by atoms with van der Waals surface area (Å²) in [6, 6.07) is 4.24. The first kappa shape index (κ1) is 12.9. The number of anilines is 1. The minimum absolute atomic E-state index is 0.0837. The van der Waals surface area contributed by atoms with Gasteiger partial charge in [0.05, 0.1) is 4.92 Å². The van der Waals surface area contributed by atoms with Gasteiger partial charge in [-0.25, -0.2) is 0 Å². The predicted molar refractivity (Wildman–Crippen MR) is 66.6 cm³/mol. The smallest absolute Gasteiger partial charge is 0.270 e. The number of nitro benzene ring substituents is 1. The monoisotopic (exact) mass is 234 g/mol. The van der Waals surface area contributed by atoms with Crippen LogP contribution in [0.3, 0.4) is 0 Å². The molecular formula is C12H14N2O3. The van der Waals surface area contributed by atoms with Crippen molar-refractivity contribution < 1.29 is 9.72 Å². The minimum Gasteiger partial charge on any atom is -0.370 e. The second-order valence-electron chi connectivity index (χ2n) is 3.93. The van der Waals surface area contributed by atoms with Gasteiger partial charge in [-0.2, -0.15) is 0 Å². The molecule has 0 amide bonds. The zero-order valence-electron chi connectivity index (χ0n) is 9.84. The third kappa shape index (κ3) is 3.14. The Morgan fingerprint density at radius 1 is 1.59 bits per heavy atom. The summed E-state index contributed by atoms with van der Waals surface area (Å²) in [4.78, 5) is 22.8. The average molecular weight is 234 g/mol. The Labute approximate surface area is 99.5 Å². The summed E-state index contributed by atoms with van der Waals surface area (Å²) >= 11 is 0. The van der Waals surface area contributed by atoms with Crippen molar-refractivity contribution in [3.63, 3.8) is 0 Å². The van der Waals surface area contributed by atoms with Gasteiger partial charge in [0.25, 0.3) is 5.69 Å². The van der Waals surface area contributed by atoms with Gasteiger partial charge in [0.1, 0.15) is 0 Å². The Morgan fingerprint density at radius 3 is 2.71 bits per heavy atom. The molecular weight excluding hydrogens is 220 g/mol. The van der Waals surface area contributed by atoms with E-state index in [-0.39, 0.29) is 5.69 Å². The van der Waals surface area contributed by atoms with Crippen LogP contribution in [0.4, 0.5) is 11.4 Å². The van der Waals surface area contributed by atoms with E-state index >= 15 is 0 Å². The van der Waals surface area contributed by atoms with Gasteiger partial charge in [-0.05, 0) is 13.0 Å². The van der Waals surface area contributed by atoms with Crippen molar-refractivity contribution in [2.45, 2.75) is 6.92 Å². The van der Waals surface area contributed by atoms with Crippen molar-refractivity contribution in [2.75, 3.05) is 18.5 Å². The summed E-state index contributed by atoms with van der Waals surface area (Å²) in [5.41, 5.74) is 1.83. The van der Waals surface area contributed by atoms with E-state index in [2.05, 4.69) is 6.58 Å². The number of carbonyl (C=O) groups excluding carboxylic acids is 1. The van der Waals surface area contributed by atoms with E-state index in [9.17, 15) is 14.9 Å². The van der Waals surface area contributed by atoms with Gasteiger partial charge in [0.15, 0.2) is 6.29 Å². The zero-order valence-corrected chi connectivity index (χ0v) is 9.84. The Bertz CT molecular complexity index is 469. The van der Waals surface area contributed by atoms with Gasteiger partial charge in [-0.15, -0.1) is 0 Å². The quantitative estimate of drug-likeness (QED) is 0.339. The summed E-state index contributed by atoms with van der Waals surface area (Å²) in [7, 11) is 1.81. The van der Waals surface area contributed by atoms with Crippen LogP contribution in [0.5, 0.6) is 0 Å². The molecule has 0 aliphatic heterocycles. The fourth-order valence-corrected chi connectivity index (χ4v) is 1.59. The molecule has 0 aliphatic rings. The fraction of sp³-hybridized carbons (Fsp3) is 0.250. The molecule has 0 atom stereocenters. The van der Waals surface area contributed by atoms with Crippen molar-refractivity contribution in [1.29, 1.82) is 0 Å². The minimum atomic E-state index is -0.518. The maximum absolute atomic E-state index is 10.9. The lowest BCUT2D eigenvalue weighted by atomic mass is 10.1. The average Bonchev–Trinajstić information content (AvgIpc) is 2.27. The van der Waals surface area contributed by atoms with Crippen LogP contribution in [0.25, 0.3) is 0 Å². The highest BCUT2D eigenvalue weighted by Gasteiger charge is 2.12. The molecule has 1 aromatic carbocycles. The fourth-order valence-electron chi connectivity index (χ4n) is 1.59. The number of aldehydes is 1. The van der Waals surface area contributed by atoms with Crippen LogP contribution in [0.2, 0.25) is 0 Å². The molecule has 17 heavy (non-hydrogen) atoms. The number of hydrogen-bond acceptors (Lipinski definition) is 4. The molecule has 0 fully saturated rings. The first-order chi connectivity index (χ1) is 7.95. The summed E-state index contributed by atoms with van der Waals surface area (Å²) in [6.07, 6.45) is 0.622. The van der Waals surface area contributed by atoms with Crippen molar-refractivity contribution in [1.82, 2.24) is 0 Å². The number of rotatable bonds is 5. The molecule has 0 saturated heterocycles. The highest BCUT2D eigenvalue weighted by Crippen LogP contribution is 2.23. The zero-order chi connectivity index (χ0) is 13.0. The van der Waals surface area contributed by atoms with Crippen LogP contribution in [-0.2, 0) is 0 Å². The van der Waals surface area contributed by atoms with Crippen LogP contribution in [0.15, 0.2) is 30.4 Å².